The van der Waals surface area contributed by atoms with Crippen LogP contribution in [0.25, 0.3) is 0 Å². The Morgan fingerprint density at radius 2 is 2.00 bits per heavy atom. The van der Waals surface area contributed by atoms with Crippen LogP contribution in [0.3, 0.4) is 0 Å². The van der Waals surface area contributed by atoms with Gasteiger partial charge < -0.3 is 4.89 Å². The molecule has 60 valence electrons. The first-order valence-corrected chi connectivity index (χ1v) is 5.57. The molecule has 0 saturated heterocycles. The van der Waals surface area contributed by atoms with Gasteiger partial charge in [-0.25, -0.2) is 0 Å². The van der Waals surface area contributed by atoms with Crippen molar-refractivity contribution in [3.8, 4) is 0 Å². The molecule has 1 fully saturated rings. The third-order valence-electron chi connectivity index (χ3n) is 2.24. The monoisotopic (exact) mass is 162 g/mol. The zero-order valence-corrected chi connectivity index (χ0v) is 7.18. The average Bonchev–Trinajstić information content (AvgIpc) is 2.34. The molecule has 2 nitrogen and oxygen atoms in total. The van der Waals surface area contributed by atoms with E-state index in [0.29, 0.717) is 6.16 Å². The van der Waals surface area contributed by atoms with Crippen LogP contribution in [0.15, 0.2) is 0 Å². The quantitative estimate of drug-likeness (QED) is 0.644. The third kappa shape index (κ3) is 2.85. The molecule has 0 radical (unpaired) electrons. The summed E-state index contributed by atoms with van der Waals surface area (Å²) in [6.07, 6.45) is 6.77. The largest absolute Gasteiger partial charge is 0.346 e. The van der Waals surface area contributed by atoms with Crippen LogP contribution in [0.1, 0.15) is 32.1 Å². The van der Waals surface area contributed by atoms with Crippen LogP contribution in [-0.2, 0) is 4.57 Å². The van der Waals surface area contributed by atoms with Gasteiger partial charge in [-0.1, -0.05) is 25.7 Å². The van der Waals surface area contributed by atoms with Crippen molar-refractivity contribution in [2.45, 2.75) is 32.1 Å². The fraction of sp³-hybridized carbons (Fsp3) is 1.00. The summed E-state index contributed by atoms with van der Waals surface area (Å²) in [5.74, 6) is 0.765. The molecule has 1 saturated carbocycles. The van der Waals surface area contributed by atoms with Gasteiger partial charge in [0.05, 0.1) is 0 Å². The van der Waals surface area contributed by atoms with E-state index in [9.17, 15) is 4.57 Å². The van der Waals surface area contributed by atoms with Gasteiger partial charge in [0.2, 0.25) is 0 Å². The minimum Gasteiger partial charge on any atom is -0.346 e. The number of rotatable bonds is 3. The summed E-state index contributed by atoms with van der Waals surface area (Å²) in [4.78, 5) is 8.56. The molecule has 1 aliphatic carbocycles. The summed E-state index contributed by atoms with van der Waals surface area (Å²) >= 11 is 0. The van der Waals surface area contributed by atoms with Crippen molar-refractivity contribution in [3.63, 3.8) is 0 Å². The second-order valence-corrected chi connectivity index (χ2v) is 4.37. The Kier molecular flexibility index (Phi) is 3.44. The summed E-state index contributed by atoms with van der Waals surface area (Å²) in [7, 11) is -2.17. The summed E-state index contributed by atoms with van der Waals surface area (Å²) in [5.41, 5.74) is 0. The highest BCUT2D eigenvalue weighted by Crippen LogP contribution is 2.30. The molecule has 3 heteroatoms. The number of hydrogen-bond acceptors (Lipinski definition) is 1. The predicted octanol–water partition coefficient (Wildman–Crippen LogP) is 2.03. The summed E-state index contributed by atoms with van der Waals surface area (Å²) in [6, 6.07) is 0. The molecule has 1 N–H and O–H groups in total. The SMILES string of the molecule is O=[PH](O)CCC1CCCC1. The van der Waals surface area contributed by atoms with Crippen molar-refractivity contribution in [3.05, 3.63) is 0 Å². The van der Waals surface area contributed by atoms with E-state index in [-0.39, 0.29) is 0 Å². The molecule has 0 aromatic carbocycles. The lowest BCUT2D eigenvalue weighted by atomic mass is 10.1. The maximum Gasteiger partial charge on any atom is 0.189 e. The van der Waals surface area contributed by atoms with Crippen molar-refractivity contribution < 1.29 is 9.46 Å². The third-order valence-corrected chi connectivity index (χ3v) is 2.96. The summed E-state index contributed by atoms with van der Waals surface area (Å²) in [6.45, 7) is 0. The molecule has 0 bridgehead atoms. The topological polar surface area (TPSA) is 37.3 Å². The van der Waals surface area contributed by atoms with Gasteiger partial charge in [0.1, 0.15) is 0 Å². The lowest BCUT2D eigenvalue weighted by molar-refractivity contribution is 0.481. The van der Waals surface area contributed by atoms with Crippen LogP contribution >= 0.6 is 8.03 Å². The molecule has 0 spiro atoms. The van der Waals surface area contributed by atoms with Gasteiger partial charge in [0.25, 0.3) is 0 Å². The molecular weight excluding hydrogens is 147 g/mol. The van der Waals surface area contributed by atoms with E-state index in [0.717, 1.165) is 12.3 Å². The van der Waals surface area contributed by atoms with Gasteiger partial charge in [0, 0.05) is 6.16 Å². The zero-order valence-electron chi connectivity index (χ0n) is 6.18. The van der Waals surface area contributed by atoms with E-state index in [2.05, 4.69) is 0 Å². The maximum absolute atomic E-state index is 10.3. The Bertz CT molecular complexity index is 119. The lowest BCUT2D eigenvalue weighted by Gasteiger charge is -2.04. The molecule has 0 aliphatic heterocycles. The maximum atomic E-state index is 10.3. The van der Waals surface area contributed by atoms with Gasteiger partial charge >= 0.3 is 0 Å². The normalized spacial score (nSPS) is 23.3. The van der Waals surface area contributed by atoms with E-state index < -0.39 is 8.03 Å². The van der Waals surface area contributed by atoms with E-state index in [1.807, 2.05) is 0 Å². The Morgan fingerprint density at radius 1 is 1.40 bits per heavy atom. The number of hydrogen-bond donors (Lipinski definition) is 1. The van der Waals surface area contributed by atoms with E-state index in [1.54, 1.807) is 0 Å². The van der Waals surface area contributed by atoms with E-state index in [1.165, 1.54) is 25.7 Å². The Morgan fingerprint density at radius 3 is 2.50 bits per heavy atom. The molecule has 1 atom stereocenters. The van der Waals surface area contributed by atoms with Crippen molar-refractivity contribution in [2.75, 3.05) is 6.16 Å². The van der Waals surface area contributed by atoms with Crippen LogP contribution in [0, 0.1) is 5.92 Å². The van der Waals surface area contributed by atoms with Crippen molar-refractivity contribution in [1.82, 2.24) is 0 Å². The fourth-order valence-corrected chi connectivity index (χ4v) is 2.28. The van der Waals surface area contributed by atoms with Crippen LogP contribution in [0.4, 0.5) is 0 Å². The van der Waals surface area contributed by atoms with Crippen LogP contribution in [0.5, 0.6) is 0 Å². The van der Waals surface area contributed by atoms with Crippen molar-refractivity contribution >= 4 is 8.03 Å². The smallest absolute Gasteiger partial charge is 0.189 e. The highest BCUT2D eigenvalue weighted by Gasteiger charge is 2.14. The van der Waals surface area contributed by atoms with Crippen molar-refractivity contribution in [2.24, 2.45) is 5.92 Å². The first kappa shape index (κ1) is 8.29. The molecule has 1 unspecified atom stereocenters. The second-order valence-electron chi connectivity index (χ2n) is 3.08. The first-order chi connectivity index (χ1) is 4.79. The van der Waals surface area contributed by atoms with Gasteiger partial charge in [-0.05, 0) is 12.3 Å². The second kappa shape index (κ2) is 4.15. The standard InChI is InChI=1S/C7H15O2P/c8-10(9)6-5-7-3-1-2-4-7/h7,10H,1-6H2,(H,8,9). The van der Waals surface area contributed by atoms with Gasteiger partial charge in [-0.15, -0.1) is 0 Å². The molecule has 0 amide bonds. The Hall–Kier alpha value is 0.190. The van der Waals surface area contributed by atoms with Crippen LogP contribution in [-0.4, -0.2) is 11.1 Å². The van der Waals surface area contributed by atoms with E-state index in [4.69, 9.17) is 4.89 Å². The van der Waals surface area contributed by atoms with Gasteiger partial charge in [-0.2, -0.15) is 0 Å². The van der Waals surface area contributed by atoms with E-state index >= 15 is 0 Å². The minimum atomic E-state index is -2.17. The summed E-state index contributed by atoms with van der Waals surface area (Å²) < 4.78 is 10.3. The van der Waals surface area contributed by atoms with Crippen molar-refractivity contribution in [1.29, 1.82) is 0 Å². The highest BCUT2D eigenvalue weighted by molar-refractivity contribution is 7.37. The molecule has 0 aromatic heterocycles. The van der Waals surface area contributed by atoms with Crippen LogP contribution in [0.2, 0.25) is 0 Å². The molecular formula is C7H15O2P. The summed E-state index contributed by atoms with van der Waals surface area (Å²) in [5, 5.41) is 0. The average molecular weight is 162 g/mol. The molecule has 1 aliphatic rings. The Balaban J connectivity index is 2.07. The lowest BCUT2D eigenvalue weighted by Crippen LogP contribution is -1.94. The first-order valence-electron chi connectivity index (χ1n) is 4.01. The molecule has 0 aromatic rings. The van der Waals surface area contributed by atoms with Crippen LogP contribution < -0.4 is 0 Å². The highest BCUT2D eigenvalue weighted by atomic mass is 31.1. The Labute approximate surface area is 62.5 Å². The predicted molar refractivity (Wildman–Crippen MR) is 42.7 cm³/mol. The molecule has 0 heterocycles. The zero-order chi connectivity index (χ0) is 7.40. The molecule has 10 heavy (non-hydrogen) atoms. The fourth-order valence-electron chi connectivity index (χ4n) is 1.63. The minimum absolute atomic E-state index is 0.551. The van der Waals surface area contributed by atoms with Gasteiger partial charge in [-0.3, -0.25) is 4.57 Å². The van der Waals surface area contributed by atoms with Gasteiger partial charge in [0.15, 0.2) is 8.03 Å². The molecule has 1 rings (SSSR count).